The number of carbonyl (C=O) groups is 1. The Bertz CT molecular complexity index is 445. The number of nitrogens with zero attached hydrogens (tertiary/aromatic N) is 1. The number of likely N-dealkylation sites (N-methyl/N-ethyl adjacent to an activating group) is 1. The molecule has 1 aromatic carbocycles. The minimum Gasteiger partial charge on any atom is -0.394 e. The number of carbonyl (C=O) groups excluding carboxylic acids is 1. The molecular weight excluding hydrogens is 252 g/mol. The number of amides is 1. The SMILES string of the molecule is CCN(C(=O)CNC(C)(CO)c1ccccc1)C1CC1. The quantitative estimate of drug-likeness (QED) is 0.793. The van der Waals surface area contributed by atoms with Crippen LogP contribution in [0.15, 0.2) is 30.3 Å². The Balaban J connectivity index is 1.98. The van der Waals surface area contributed by atoms with E-state index in [1.165, 1.54) is 0 Å². The van der Waals surface area contributed by atoms with Crippen LogP contribution in [0.25, 0.3) is 0 Å². The molecule has 0 aromatic heterocycles. The number of aliphatic hydroxyl groups is 1. The maximum absolute atomic E-state index is 12.2. The van der Waals surface area contributed by atoms with Crippen LogP contribution in [0.5, 0.6) is 0 Å². The topological polar surface area (TPSA) is 52.6 Å². The first-order valence-electron chi connectivity index (χ1n) is 7.31. The zero-order chi connectivity index (χ0) is 14.6. The van der Waals surface area contributed by atoms with Crippen LogP contribution in [0.2, 0.25) is 0 Å². The van der Waals surface area contributed by atoms with Gasteiger partial charge in [0.25, 0.3) is 0 Å². The standard InChI is InChI=1S/C16H24N2O2/c1-3-18(14-9-10-14)15(20)11-17-16(2,12-19)13-7-5-4-6-8-13/h4-8,14,17,19H,3,9-12H2,1-2H3. The van der Waals surface area contributed by atoms with Crippen LogP contribution >= 0.6 is 0 Å². The van der Waals surface area contributed by atoms with Gasteiger partial charge in [0, 0.05) is 12.6 Å². The van der Waals surface area contributed by atoms with E-state index in [0.717, 1.165) is 24.9 Å². The summed E-state index contributed by atoms with van der Waals surface area (Å²) >= 11 is 0. The highest BCUT2D eigenvalue weighted by Gasteiger charge is 2.32. The maximum atomic E-state index is 12.2. The molecule has 1 aliphatic carbocycles. The second-order valence-corrected chi connectivity index (χ2v) is 5.62. The average Bonchev–Trinajstić information content (AvgIpc) is 3.31. The molecule has 1 unspecified atom stereocenters. The third-order valence-electron chi connectivity index (χ3n) is 4.01. The molecule has 1 saturated carbocycles. The first kappa shape index (κ1) is 15.0. The van der Waals surface area contributed by atoms with Crippen LogP contribution in [0.1, 0.15) is 32.3 Å². The summed E-state index contributed by atoms with van der Waals surface area (Å²) < 4.78 is 0. The number of aliphatic hydroxyl groups excluding tert-OH is 1. The smallest absolute Gasteiger partial charge is 0.236 e. The van der Waals surface area contributed by atoms with Crippen molar-refractivity contribution in [3.63, 3.8) is 0 Å². The van der Waals surface area contributed by atoms with Gasteiger partial charge in [0.1, 0.15) is 0 Å². The molecule has 0 saturated heterocycles. The lowest BCUT2D eigenvalue weighted by Gasteiger charge is -2.30. The predicted octanol–water partition coefficient (Wildman–Crippen LogP) is 1.49. The van der Waals surface area contributed by atoms with Crippen molar-refractivity contribution in [3.05, 3.63) is 35.9 Å². The normalized spacial score (nSPS) is 17.6. The minimum atomic E-state index is -0.583. The fraction of sp³-hybridized carbons (Fsp3) is 0.562. The molecule has 1 aliphatic rings. The van der Waals surface area contributed by atoms with E-state index in [2.05, 4.69) is 5.32 Å². The summed E-state index contributed by atoms with van der Waals surface area (Å²) in [7, 11) is 0. The summed E-state index contributed by atoms with van der Waals surface area (Å²) in [4.78, 5) is 14.2. The van der Waals surface area contributed by atoms with E-state index in [0.29, 0.717) is 6.04 Å². The Morgan fingerprint density at radius 1 is 1.40 bits per heavy atom. The number of nitrogens with one attached hydrogen (secondary N) is 1. The lowest BCUT2D eigenvalue weighted by molar-refractivity contribution is -0.131. The zero-order valence-corrected chi connectivity index (χ0v) is 12.3. The van der Waals surface area contributed by atoms with Crippen LogP contribution in [0.4, 0.5) is 0 Å². The molecular formula is C16H24N2O2. The van der Waals surface area contributed by atoms with Gasteiger partial charge in [-0.05, 0) is 32.3 Å². The first-order chi connectivity index (χ1) is 9.60. The van der Waals surface area contributed by atoms with E-state index in [1.807, 2.05) is 49.1 Å². The number of benzene rings is 1. The van der Waals surface area contributed by atoms with Gasteiger partial charge < -0.3 is 10.0 Å². The highest BCUT2D eigenvalue weighted by Crippen LogP contribution is 2.26. The molecule has 0 heterocycles. The van der Waals surface area contributed by atoms with Crippen molar-refractivity contribution in [1.29, 1.82) is 0 Å². The fourth-order valence-electron chi connectivity index (χ4n) is 2.45. The van der Waals surface area contributed by atoms with Crippen molar-refractivity contribution in [2.24, 2.45) is 0 Å². The highest BCUT2D eigenvalue weighted by atomic mass is 16.3. The molecule has 4 nitrogen and oxygen atoms in total. The van der Waals surface area contributed by atoms with E-state index in [4.69, 9.17) is 0 Å². The van der Waals surface area contributed by atoms with Gasteiger partial charge in [0.15, 0.2) is 0 Å². The van der Waals surface area contributed by atoms with Crippen LogP contribution in [0, 0.1) is 0 Å². The largest absolute Gasteiger partial charge is 0.394 e. The van der Waals surface area contributed by atoms with Crippen LogP contribution in [-0.2, 0) is 10.3 Å². The predicted molar refractivity (Wildman–Crippen MR) is 79.3 cm³/mol. The van der Waals surface area contributed by atoms with Crippen LogP contribution in [0.3, 0.4) is 0 Å². The molecule has 2 rings (SSSR count). The van der Waals surface area contributed by atoms with Crippen LogP contribution < -0.4 is 5.32 Å². The zero-order valence-electron chi connectivity index (χ0n) is 12.3. The molecule has 1 fully saturated rings. The van der Waals surface area contributed by atoms with E-state index in [1.54, 1.807) is 0 Å². The maximum Gasteiger partial charge on any atom is 0.236 e. The van der Waals surface area contributed by atoms with E-state index >= 15 is 0 Å². The number of hydrogen-bond acceptors (Lipinski definition) is 3. The van der Waals surface area contributed by atoms with Crippen molar-refractivity contribution in [3.8, 4) is 0 Å². The van der Waals surface area contributed by atoms with Gasteiger partial charge in [-0.1, -0.05) is 30.3 Å². The second kappa shape index (κ2) is 6.37. The Labute approximate surface area is 120 Å². The fourth-order valence-corrected chi connectivity index (χ4v) is 2.45. The Morgan fingerprint density at radius 3 is 2.55 bits per heavy atom. The third kappa shape index (κ3) is 3.38. The van der Waals surface area contributed by atoms with Crippen molar-refractivity contribution < 1.29 is 9.90 Å². The number of rotatable bonds is 7. The molecule has 0 bridgehead atoms. The molecule has 4 heteroatoms. The molecule has 1 atom stereocenters. The summed E-state index contributed by atoms with van der Waals surface area (Å²) in [5.41, 5.74) is 0.407. The molecule has 0 aliphatic heterocycles. The van der Waals surface area contributed by atoms with E-state index in [9.17, 15) is 9.90 Å². The average molecular weight is 276 g/mol. The summed E-state index contributed by atoms with van der Waals surface area (Å²) in [6.45, 7) is 4.91. The lowest BCUT2D eigenvalue weighted by atomic mass is 9.93. The van der Waals surface area contributed by atoms with Gasteiger partial charge in [0.05, 0.1) is 18.7 Å². The Morgan fingerprint density at radius 2 is 2.05 bits per heavy atom. The van der Waals surface area contributed by atoms with Crippen molar-refractivity contribution in [2.45, 2.75) is 38.3 Å². The monoisotopic (exact) mass is 276 g/mol. The number of hydrogen-bond donors (Lipinski definition) is 2. The second-order valence-electron chi connectivity index (χ2n) is 5.62. The van der Waals surface area contributed by atoms with Crippen molar-refractivity contribution in [2.75, 3.05) is 19.7 Å². The highest BCUT2D eigenvalue weighted by molar-refractivity contribution is 5.79. The molecule has 20 heavy (non-hydrogen) atoms. The van der Waals surface area contributed by atoms with Crippen molar-refractivity contribution >= 4 is 5.91 Å². The summed E-state index contributed by atoms with van der Waals surface area (Å²) in [6, 6.07) is 10.2. The Kier molecular flexibility index (Phi) is 4.78. The van der Waals surface area contributed by atoms with Gasteiger partial charge in [-0.25, -0.2) is 0 Å². The lowest BCUT2D eigenvalue weighted by Crippen LogP contribution is -2.48. The Hall–Kier alpha value is -1.39. The molecule has 2 N–H and O–H groups in total. The van der Waals surface area contributed by atoms with E-state index < -0.39 is 5.54 Å². The van der Waals surface area contributed by atoms with E-state index in [-0.39, 0.29) is 19.1 Å². The van der Waals surface area contributed by atoms with Crippen LogP contribution in [-0.4, -0.2) is 41.7 Å². The van der Waals surface area contributed by atoms with Crippen molar-refractivity contribution in [1.82, 2.24) is 10.2 Å². The molecule has 0 spiro atoms. The van der Waals surface area contributed by atoms with Gasteiger partial charge >= 0.3 is 0 Å². The molecule has 1 amide bonds. The third-order valence-corrected chi connectivity index (χ3v) is 4.01. The molecule has 0 radical (unpaired) electrons. The summed E-state index contributed by atoms with van der Waals surface area (Å²) in [5, 5.41) is 12.9. The van der Waals surface area contributed by atoms with Gasteiger partial charge in [0.2, 0.25) is 5.91 Å². The van der Waals surface area contributed by atoms with Gasteiger partial charge in [-0.2, -0.15) is 0 Å². The first-order valence-corrected chi connectivity index (χ1v) is 7.31. The summed E-state index contributed by atoms with van der Waals surface area (Å²) in [5.74, 6) is 0.116. The molecule has 110 valence electrons. The summed E-state index contributed by atoms with van der Waals surface area (Å²) in [6.07, 6.45) is 2.24. The van der Waals surface area contributed by atoms with Gasteiger partial charge in [-0.15, -0.1) is 0 Å². The molecule has 1 aromatic rings. The minimum absolute atomic E-state index is 0.0418. The van der Waals surface area contributed by atoms with Gasteiger partial charge in [-0.3, -0.25) is 10.1 Å².